The molecule has 2 aliphatic rings. The Hall–Kier alpha value is -1.50. The molecular weight excluding hydrogens is 363 g/mol. The highest BCUT2D eigenvalue weighted by Crippen LogP contribution is 2.27. The zero-order valence-electron chi connectivity index (χ0n) is 14.3. The van der Waals surface area contributed by atoms with Crippen LogP contribution < -0.4 is 15.5 Å². The molecule has 0 radical (unpaired) electrons. The summed E-state index contributed by atoms with van der Waals surface area (Å²) in [6.45, 7) is 3.62. The Balaban J connectivity index is 0.00000225. The van der Waals surface area contributed by atoms with Crippen molar-refractivity contribution in [1.82, 2.24) is 15.5 Å². The quantitative estimate of drug-likeness (QED) is 0.834. The van der Waals surface area contributed by atoms with Crippen LogP contribution in [0.1, 0.15) is 23.2 Å². The van der Waals surface area contributed by atoms with Crippen molar-refractivity contribution in [3.05, 3.63) is 28.8 Å². The van der Waals surface area contributed by atoms with Crippen molar-refractivity contribution in [1.29, 1.82) is 0 Å². The van der Waals surface area contributed by atoms with Crippen LogP contribution in [0.3, 0.4) is 0 Å². The predicted octanol–water partition coefficient (Wildman–Crippen LogP) is 2.36. The molecule has 1 atom stereocenters. The molecule has 0 bridgehead atoms. The highest BCUT2D eigenvalue weighted by Gasteiger charge is 2.27. The average molecular weight is 387 g/mol. The Bertz CT molecular complexity index is 639. The Morgan fingerprint density at radius 2 is 2.20 bits per heavy atom. The number of nitrogens with zero attached hydrogens (tertiary/aromatic N) is 2. The fraction of sp³-hybridized carbons (Fsp3) is 0.529. The Labute approximate surface area is 159 Å². The minimum atomic E-state index is -0.136. The lowest BCUT2D eigenvalue weighted by molar-refractivity contribution is 0.0674. The summed E-state index contributed by atoms with van der Waals surface area (Å²) in [7, 11) is 1.93. The lowest BCUT2D eigenvalue weighted by Gasteiger charge is -2.33. The van der Waals surface area contributed by atoms with Gasteiger partial charge in [-0.3, -0.25) is 9.69 Å². The first-order chi connectivity index (χ1) is 11.6. The minimum Gasteiger partial charge on any atom is -0.338 e. The van der Waals surface area contributed by atoms with E-state index in [4.69, 9.17) is 11.6 Å². The summed E-state index contributed by atoms with van der Waals surface area (Å²) >= 11 is 6.27. The summed E-state index contributed by atoms with van der Waals surface area (Å²) in [5, 5.41) is 6.38. The number of likely N-dealkylation sites (tertiary alicyclic amines) is 1. The number of piperidine rings is 1. The third-order valence-corrected chi connectivity index (χ3v) is 4.98. The van der Waals surface area contributed by atoms with Crippen LogP contribution in [0.5, 0.6) is 0 Å². The number of halogens is 2. The van der Waals surface area contributed by atoms with Crippen molar-refractivity contribution in [2.24, 2.45) is 5.92 Å². The molecule has 2 fully saturated rings. The van der Waals surface area contributed by atoms with Crippen molar-refractivity contribution >= 4 is 41.6 Å². The van der Waals surface area contributed by atoms with Crippen molar-refractivity contribution in [2.75, 3.05) is 44.7 Å². The van der Waals surface area contributed by atoms with E-state index in [1.165, 1.54) is 0 Å². The van der Waals surface area contributed by atoms with Crippen LogP contribution in [0, 0.1) is 5.92 Å². The monoisotopic (exact) mass is 386 g/mol. The van der Waals surface area contributed by atoms with E-state index in [9.17, 15) is 9.59 Å². The molecule has 2 aliphatic heterocycles. The molecule has 8 heteroatoms. The van der Waals surface area contributed by atoms with Crippen molar-refractivity contribution in [3.63, 3.8) is 0 Å². The average Bonchev–Trinajstić information content (AvgIpc) is 3.01. The summed E-state index contributed by atoms with van der Waals surface area (Å²) in [6, 6.07) is 5.08. The molecule has 2 N–H and O–H groups in total. The van der Waals surface area contributed by atoms with Crippen LogP contribution in [0.25, 0.3) is 0 Å². The summed E-state index contributed by atoms with van der Waals surface area (Å²) in [6.07, 6.45) is 2.14. The van der Waals surface area contributed by atoms with Gasteiger partial charge in [0, 0.05) is 31.9 Å². The maximum Gasteiger partial charge on any atom is 0.321 e. The number of amides is 3. The van der Waals surface area contributed by atoms with Gasteiger partial charge in [0.15, 0.2) is 0 Å². The highest BCUT2D eigenvalue weighted by molar-refractivity contribution is 6.34. The van der Waals surface area contributed by atoms with E-state index >= 15 is 0 Å². The smallest absolute Gasteiger partial charge is 0.321 e. The molecular formula is C17H24Cl2N4O2. The molecule has 1 aromatic carbocycles. The van der Waals surface area contributed by atoms with Gasteiger partial charge >= 0.3 is 6.03 Å². The van der Waals surface area contributed by atoms with E-state index in [-0.39, 0.29) is 24.3 Å². The standard InChI is InChI=1S/C17H23ClN4O2.ClH/c1-19-10-12-3-2-7-21(11-12)16(23)14-9-13(4-5-15(14)18)22-8-6-20-17(22)24;/h4-5,9,12,19H,2-3,6-8,10-11H2,1H3,(H,20,24);1H. The first-order valence-electron chi connectivity index (χ1n) is 8.39. The molecule has 1 aromatic rings. The Morgan fingerprint density at radius 3 is 2.88 bits per heavy atom. The number of carbonyl (C=O) groups excluding carboxylic acids is 2. The van der Waals surface area contributed by atoms with Gasteiger partial charge in [-0.2, -0.15) is 0 Å². The molecule has 2 saturated heterocycles. The number of carbonyl (C=O) groups is 2. The van der Waals surface area contributed by atoms with Crippen LogP contribution >= 0.6 is 24.0 Å². The van der Waals surface area contributed by atoms with Crippen molar-refractivity contribution < 1.29 is 9.59 Å². The van der Waals surface area contributed by atoms with E-state index in [0.29, 0.717) is 35.3 Å². The maximum absolute atomic E-state index is 12.9. The zero-order chi connectivity index (χ0) is 17.1. The van der Waals surface area contributed by atoms with Crippen LogP contribution in [0.2, 0.25) is 5.02 Å². The van der Waals surface area contributed by atoms with Gasteiger partial charge in [0.2, 0.25) is 0 Å². The van der Waals surface area contributed by atoms with Gasteiger partial charge < -0.3 is 15.5 Å². The normalized spacial score (nSPS) is 20.2. The van der Waals surface area contributed by atoms with E-state index in [0.717, 1.165) is 32.5 Å². The minimum absolute atomic E-state index is 0. The SMILES string of the molecule is CNCC1CCCN(C(=O)c2cc(N3CCNC3=O)ccc2Cl)C1.Cl. The van der Waals surface area contributed by atoms with Gasteiger partial charge in [-0.1, -0.05) is 11.6 Å². The summed E-state index contributed by atoms with van der Waals surface area (Å²) in [5.41, 5.74) is 1.18. The second kappa shape index (κ2) is 8.74. The number of rotatable bonds is 4. The topological polar surface area (TPSA) is 64.7 Å². The van der Waals surface area contributed by atoms with Crippen LogP contribution in [0.15, 0.2) is 18.2 Å². The molecule has 1 unspecified atom stereocenters. The third-order valence-electron chi connectivity index (χ3n) is 4.65. The zero-order valence-corrected chi connectivity index (χ0v) is 15.8. The second-order valence-corrected chi connectivity index (χ2v) is 6.77. The van der Waals surface area contributed by atoms with Crippen molar-refractivity contribution in [3.8, 4) is 0 Å². The Morgan fingerprint density at radius 1 is 1.40 bits per heavy atom. The molecule has 2 heterocycles. The molecule has 6 nitrogen and oxygen atoms in total. The maximum atomic E-state index is 12.9. The fourth-order valence-electron chi connectivity index (χ4n) is 3.44. The number of nitrogens with one attached hydrogen (secondary N) is 2. The first kappa shape index (κ1) is 19.8. The molecule has 0 spiro atoms. The van der Waals surface area contributed by atoms with E-state index < -0.39 is 0 Å². The lowest BCUT2D eigenvalue weighted by Crippen LogP contribution is -2.42. The van der Waals surface area contributed by atoms with Crippen LogP contribution in [-0.4, -0.2) is 56.6 Å². The first-order valence-corrected chi connectivity index (χ1v) is 8.76. The van der Waals surface area contributed by atoms with Gasteiger partial charge in [0.05, 0.1) is 10.6 Å². The second-order valence-electron chi connectivity index (χ2n) is 6.36. The third kappa shape index (κ3) is 4.37. The van der Waals surface area contributed by atoms with Gasteiger partial charge in [0.1, 0.15) is 0 Å². The Kier molecular flexibility index (Phi) is 6.93. The van der Waals surface area contributed by atoms with E-state index in [1.54, 1.807) is 23.1 Å². The predicted molar refractivity (Wildman–Crippen MR) is 102 cm³/mol. The number of hydrogen-bond donors (Lipinski definition) is 2. The molecule has 3 amide bonds. The number of benzene rings is 1. The largest absolute Gasteiger partial charge is 0.338 e. The molecule has 138 valence electrons. The van der Waals surface area contributed by atoms with Gasteiger partial charge in [0.25, 0.3) is 5.91 Å². The molecule has 0 aliphatic carbocycles. The van der Waals surface area contributed by atoms with E-state index in [1.807, 2.05) is 11.9 Å². The summed E-state index contributed by atoms with van der Waals surface area (Å²) in [4.78, 5) is 28.3. The molecule has 25 heavy (non-hydrogen) atoms. The fourth-order valence-corrected chi connectivity index (χ4v) is 3.64. The summed E-state index contributed by atoms with van der Waals surface area (Å²) < 4.78 is 0. The van der Waals surface area contributed by atoms with Gasteiger partial charge in [-0.25, -0.2) is 4.79 Å². The van der Waals surface area contributed by atoms with Crippen LogP contribution in [0.4, 0.5) is 10.5 Å². The van der Waals surface area contributed by atoms with Gasteiger partial charge in [-0.15, -0.1) is 12.4 Å². The van der Waals surface area contributed by atoms with E-state index in [2.05, 4.69) is 10.6 Å². The summed E-state index contributed by atoms with van der Waals surface area (Å²) in [5.74, 6) is 0.418. The number of hydrogen-bond acceptors (Lipinski definition) is 3. The number of anilines is 1. The van der Waals surface area contributed by atoms with Crippen LogP contribution in [-0.2, 0) is 0 Å². The van der Waals surface area contributed by atoms with Crippen molar-refractivity contribution in [2.45, 2.75) is 12.8 Å². The molecule has 0 aromatic heterocycles. The number of urea groups is 1. The van der Waals surface area contributed by atoms with Gasteiger partial charge in [-0.05, 0) is 50.6 Å². The lowest BCUT2D eigenvalue weighted by atomic mass is 9.97. The molecule has 0 saturated carbocycles. The molecule has 3 rings (SSSR count). The highest BCUT2D eigenvalue weighted by atomic mass is 35.5.